The van der Waals surface area contributed by atoms with Gasteiger partial charge < -0.3 is 4.74 Å². The van der Waals surface area contributed by atoms with Gasteiger partial charge in [0.2, 0.25) is 0 Å². The van der Waals surface area contributed by atoms with Crippen molar-refractivity contribution in [3.8, 4) is 11.8 Å². The van der Waals surface area contributed by atoms with Crippen molar-refractivity contribution in [1.82, 2.24) is 0 Å². The van der Waals surface area contributed by atoms with Crippen LogP contribution < -0.4 is 0 Å². The SMILES string of the molecule is CCCCCCC=CC#CCCCCCCCC(=O)OC. The summed E-state index contributed by atoms with van der Waals surface area (Å²) in [4.78, 5) is 10.9. The van der Waals surface area contributed by atoms with Gasteiger partial charge in [0.05, 0.1) is 7.11 Å². The molecule has 2 heteroatoms. The number of ether oxygens (including phenoxy) is 1. The number of hydrogen-bond acceptors (Lipinski definition) is 2. The van der Waals surface area contributed by atoms with Crippen LogP contribution in [0.25, 0.3) is 0 Å². The molecule has 0 saturated heterocycles. The van der Waals surface area contributed by atoms with E-state index in [-0.39, 0.29) is 5.97 Å². The molecule has 2 nitrogen and oxygen atoms in total. The van der Waals surface area contributed by atoms with E-state index in [1.807, 2.05) is 6.08 Å². The molecular weight excluding hydrogens is 260 g/mol. The summed E-state index contributed by atoms with van der Waals surface area (Å²) in [6, 6.07) is 0. The fourth-order valence-corrected chi connectivity index (χ4v) is 2.08. The van der Waals surface area contributed by atoms with Crippen molar-refractivity contribution in [2.24, 2.45) is 0 Å². The summed E-state index contributed by atoms with van der Waals surface area (Å²) >= 11 is 0. The third-order valence-electron chi connectivity index (χ3n) is 3.44. The molecule has 0 aromatic heterocycles. The molecular formula is C19H32O2. The first-order chi connectivity index (χ1) is 10.3. The summed E-state index contributed by atoms with van der Waals surface area (Å²) in [5.74, 6) is 6.21. The van der Waals surface area contributed by atoms with Crippen LogP contribution in [0.4, 0.5) is 0 Å². The number of allylic oxidation sites excluding steroid dienone is 2. The predicted molar refractivity (Wildman–Crippen MR) is 90.0 cm³/mol. The second-order valence-electron chi connectivity index (χ2n) is 5.42. The van der Waals surface area contributed by atoms with Crippen LogP contribution in [0, 0.1) is 11.8 Å². The maximum absolute atomic E-state index is 10.9. The van der Waals surface area contributed by atoms with Crippen LogP contribution >= 0.6 is 0 Å². The van der Waals surface area contributed by atoms with E-state index in [0.29, 0.717) is 6.42 Å². The van der Waals surface area contributed by atoms with Crippen LogP contribution in [0.2, 0.25) is 0 Å². The first-order valence-corrected chi connectivity index (χ1v) is 8.51. The zero-order valence-electron chi connectivity index (χ0n) is 14.0. The van der Waals surface area contributed by atoms with Crippen molar-refractivity contribution < 1.29 is 9.53 Å². The number of esters is 1. The van der Waals surface area contributed by atoms with Gasteiger partial charge in [-0.15, -0.1) is 0 Å². The summed E-state index contributed by atoms with van der Waals surface area (Å²) in [5, 5.41) is 0. The van der Waals surface area contributed by atoms with Gasteiger partial charge in [-0.3, -0.25) is 4.79 Å². The Kier molecular flexibility index (Phi) is 15.8. The molecule has 21 heavy (non-hydrogen) atoms. The van der Waals surface area contributed by atoms with Crippen molar-refractivity contribution in [1.29, 1.82) is 0 Å². The van der Waals surface area contributed by atoms with E-state index in [9.17, 15) is 4.79 Å². The minimum atomic E-state index is -0.0950. The summed E-state index contributed by atoms with van der Waals surface area (Å²) in [6.45, 7) is 2.24. The Morgan fingerprint density at radius 3 is 2.48 bits per heavy atom. The van der Waals surface area contributed by atoms with E-state index in [2.05, 4.69) is 29.6 Å². The minimum absolute atomic E-state index is 0.0950. The molecule has 120 valence electrons. The summed E-state index contributed by atoms with van der Waals surface area (Å²) in [7, 11) is 1.45. The molecule has 0 N–H and O–H groups in total. The molecule has 0 fully saturated rings. The molecule has 0 aromatic carbocycles. The standard InChI is InChI=1S/C19H32O2/c1-3-4-5-6-7-8-9-10-11-12-13-14-15-16-17-18-19(20)21-2/h8-9H,3-7,12-18H2,1-2H3. The van der Waals surface area contributed by atoms with Crippen molar-refractivity contribution in [2.75, 3.05) is 7.11 Å². The van der Waals surface area contributed by atoms with Gasteiger partial charge in [-0.05, 0) is 31.8 Å². The molecule has 0 spiro atoms. The summed E-state index contributed by atoms with van der Waals surface area (Å²) in [5.41, 5.74) is 0. The average molecular weight is 292 g/mol. The molecule has 0 unspecified atom stereocenters. The molecule has 0 bridgehead atoms. The fraction of sp³-hybridized carbons (Fsp3) is 0.737. The Bertz CT molecular complexity index is 320. The van der Waals surface area contributed by atoms with Crippen LogP contribution in [0.3, 0.4) is 0 Å². The van der Waals surface area contributed by atoms with Crippen molar-refractivity contribution in [3.05, 3.63) is 12.2 Å². The number of methoxy groups -OCH3 is 1. The highest BCUT2D eigenvalue weighted by Gasteiger charge is 1.98. The topological polar surface area (TPSA) is 26.3 Å². The van der Waals surface area contributed by atoms with Gasteiger partial charge in [0.25, 0.3) is 0 Å². The van der Waals surface area contributed by atoms with Crippen LogP contribution in [-0.2, 0) is 9.53 Å². The fourth-order valence-electron chi connectivity index (χ4n) is 2.08. The van der Waals surface area contributed by atoms with Gasteiger partial charge in [-0.2, -0.15) is 0 Å². The number of carbonyl (C=O) groups is 1. The van der Waals surface area contributed by atoms with Gasteiger partial charge in [0.15, 0.2) is 0 Å². The second kappa shape index (κ2) is 16.8. The quantitative estimate of drug-likeness (QED) is 0.273. The number of hydrogen-bond donors (Lipinski definition) is 0. The smallest absolute Gasteiger partial charge is 0.305 e. The Morgan fingerprint density at radius 1 is 1.00 bits per heavy atom. The summed E-state index contributed by atoms with van der Waals surface area (Å²) in [6.07, 6.45) is 17.8. The lowest BCUT2D eigenvalue weighted by atomic mass is 10.1. The van der Waals surface area contributed by atoms with Gasteiger partial charge >= 0.3 is 5.97 Å². The Morgan fingerprint density at radius 2 is 1.71 bits per heavy atom. The van der Waals surface area contributed by atoms with Crippen molar-refractivity contribution in [3.63, 3.8) is 0 Å². The van der Waals surface area contributed by atoms with E-state index in [1.165, 1.54) is 45.6 Å². The highest BCUT2D eigenvalue weighted by atomic mass is 16.5. The largest absolute Gasteiger partial charge is 0.469 e. The van der Waals surface area contributed by atoms with Gasteiger partial charge in [-0.25, -0.2) is 0 Å². The van der Waals surface area contributed by atoms with E-state index < -0.39 is 0 Å². The van der Waals surface area contributed by atoms with Crippen LogP contribution in [0.1, 0.15) is 84.0 Å². The van der Waals surface area contributed by atoms with Crippen molar-refractivity contribution >= 4 is 5.97 Å². The van der Waals surface area contributed by atoms with Gasteiger partial charge in [0.1, 0.15) is 0 Å². The Labute approximate surface area is 131 Å². The monoisotopic (exact) mass is 292 g/mol. The molecule has 0 radical (unpaired) electrons. The first kappa shape index (κ1) is 19.8. The molecule has 0 aliphatic heterocycles. The normalized spacial score (nSPS) is 10.4. The highest BCUT2D eigenvalue weighted by Crippen LogP contribution is 2.07. The lowest BCUT2D eigenvalue weighted by Crippen LogP contribution is -1.99. The zero-order chi connectivity index (χ0) is 15.6. The van der Waals surface area contributed by atoms with Crippen molar-refractivity contribution in [2.45, 2.75) is 84.0 Å². The van der Waals surface area contributed by atoms with E-state index in [0.717, 1.165) is 32.1 Å². The average Bonchev–Trinajstić information content (AvgIpc) is 2.50. The molecule has 0 heterocycles. The van der Waals surface area contributed by atoms with Gasteiger partial charge in [0, 0.05) is 12.8 Å². The lowest BCUT2D eigenvalue weighted by molar-refractivity contribution is -0.140. The predicted octanol–water partition coefficient (Wildman–Crippen LogP) is 5.42. The van der Waals surface area contributed by atoms with Crippen LogP contribution in [-0.4, -0.2) is 13.1 Å². The first-order valence-electron chi connectivity index (χ1n) is 8.51. The van der Waals surface area contributed by atoms with E-state index in [1.54, 1.807) is 0 Å². The van der Waals surface area contributed by atoms with Crippen LogP contribution in [0.15, 0.2) is 12.2 Å². The second-order valence-corrected chi connectivity index (χ2v) is 5.42. The molecule has 0 rings (SSSR count). The Hall–Kier alpha value is -1.23. The third kappa shape index (κ3) is 16.7. The molecule has 0 saturated carbocycles. The molecule has 0 aliphatic carbocycles. The lowest BCUT2D eigenvalue weighted by Gasteiger charge is -1.99. The van der Waals surface area contributed by atoms with Crippen LogP contribution in [0.5, 0.6) is 0 Å². The molecule has 0 amide bonds. The maximum atomic E-state index is 10.9. The third-order valence-corrected chi connectivity index (χ3v) is 3.44. The summed E-state index contributed by atoms with van der Waals surface area (Å²) < 4.78 is 4.61. The number of unbranched alkanes of at least 4 members (excludes halogenated alkanes) is 9. The molecule has 0 aromatic rings. The number of carbonyl (C=O) groups excluding carboxylic acids is 1. The van der Waals surface area contributed by atoms with Gasteiger partial charge in [-0.1, -0.05) is 63.4 Å². The van der Waals surface area contributed by atoms with E-state index >= 15 is 0 Å². The molecule has 0 aliphatic rings. The molecule has 0 atom stereocenters. The Balaban J connectivity index is 3.26. The maximum Gasteiger partial charge on any atom is 0.305 e. The highest BCUT2D eigenvalue weighted by molar-refractivity contribution is 5.68. The van der Waals surface area contributed by atoms with E-state index in [4.69, 9.17) is 0 Å². The zero-order valence-corrected chi connectivity index (χ0v) is 14.0. The minimum Gasteiger partial charge on any atom is -0.469 e. The number of rotatable bonds is 12.